The van der Waals surface area contributed by atoms with Crippen molar-refractivity contribution in [2.75, 3.05) is 13.7 Å². The second-order valence-corrected chi connectivity index (χ2v) is 4.97. The number of nitrogens with zero attached hydrogens (tertiary/aromatic N) is 1. The van der Waals surface area contributed by atoms with Gasteiger partial charge in [0.15, 0.2) is 6.61 Å². The van der Waals surface area contributed by atoms with Crippen LogP contribution in [0, 0.1) is 13.8 Å². The molecule has 0 aliphatic heterocycles. The predicted molar refractivity (Wildman–Crippen MR) is 84.0 cm³/mol. The van der Waals surface area contributed by atoms with Crippen LogP contribution < -0.4 is 14.8 Å². The van der Waals surface area contributed by atoms with E-state index >= 15 is 0 Å². The van der Waals surface area contributed by atoms with E-state index in [1.165, 1.54) is 0 Å². The Labute approximate surface area is 130 Å². The Kier molecular flexibility index (Phi) is 5.36. The van der Waals surface area contributed by atoms with Crippen molar-refractivity contribution < 1.29 is 14.3 Å². The van der Waals surface area contributed by atoms with Crippen LogP contribution in [0.1, 0.15) is 16.7 Å². The molecular formula is C17H20N2O3. The molecule has 0 saturated carbocycles. The fourth-order valence-corrected chi connectivity index (χ4v) is 1.95. The van der Waals surface area contributed by atoms with Gasteiger partial charge < -0.3 is 14.8 Å². The van der Waals surface area contributed by atoms with Crippen LogP contribution in [0.15, 0.2) is 36.5 Å². The summed E-state index contributed by atoms with van der Waals surface area (Å²) in [5, 5.41) is 2.81. The largest absolute Gasteiger partial charge is 0.483 e. The molecule has 1 N–H and O–H groups in total. The molecule has 116 valence electrons. The number of hydrogen-bond donors (Lipinski definition) is 1. The Hall–Kier alpha value is -2.56. The lowest BCUT2D eigenvalue weighted by Gasteiger charge is -2.11. The van der Waals surface area contributed by atoms with Crippen LogP contribution in [0.3, 0.4) is 0 Å². The standard InChI is InChI=1S/C17H20N2O3/c1-12-5-4-6-15(13(12)2)22-11-16(20)19-10-14-7-8-18-17(9-14)21-3/h4-9H,10-11H2,1-3H3,(H,19,20). The highest BCUT2D eigenvalue weighted by Gasteiger charge is 2.06. The summed E-state index contributed by atoms with van der Waals surface area (Å²) in [6, 6.07) is 9.40. The zero-order chi connectivity index (χ0) is 15.9. The minimum atomic E-state index is -0.170. The minimum Gasteiger partial charge on any atom is -0.483 e. The first-order valence-electron chi connectivity index (χ1n) is 7.05. The van der Waals surface area contributed by atoms with Crippen LogP contribution in [0.4, 0.5) is 0 Å². The van der Waals surface area contributed by atoms with Crippen LogP contribution in [0.25, 0.3) is 0 Å². The molecule has 1 heterocycles. The van der Waals surface area contributed by atoms with Crippen LogP contribution in [0.2, 0.25) is 0 Å². The molecule has 0 unspecified atom stereocenters. The predicted octanol–water partition coefficient (Wildman–Crippen LogP) is 2.40. The Morgan fingerprint density at radius 3 is 2.86 bits per heavy atom. The van der Waals surface area contributed by atoms with E-state index in [0.717, 1.165) is 22.4 Å². The van der Waals surface area contributed by atoms with Gasteiger partial charge in [0.2, 0.25) is 5.88 Å². The Morgan fingerprint density at radius 1 is 1.27 bits per heavy atom. The van der Waals surface area contributed by atoms with Gasteiger partial charge in [-0.1, -0.05) is 12.1 Å². The molecule has 0 fully saturated rings. The molecular weight excluding hydrogens is 280 g/mol. The summed E-state index contributed by atoms with van der Waals surface area (Å²) in [7, 11) is 1.56. The molecule has 2 rings (SSSR count). The van der Waals surface area contributed by atoms with Crippen molar-refractivity contribution in [2.24, 2.45) is 0 Å². The zero-order valence-corrected chi connectivity index (χ0v) is 13.1. The minimum absolute atomic E-state index is 0.00743. The van der Waals surface area contributed by atoms with E-state index in [2.05, 4.69) is 10.3 Å². The number of amides is 1. The number of benzene rings is 1. The Morgan fingerprint density at radius 2 is 2.09 bits per heavy atom. The van der Waals surface area contributed by atoms with Crippen molar-refractivity contribution in [3.05, 3.63) is 53.2 Å². The molecule has 5 heteroatoms. The van der Waals surface area contributed by atoms with Gasteiger partial charge in [0, 0.05) is 18.8 Å². The summed E-state index contributed by atoms with van der Waals surface area (Å²) in [6.07, 6.45) is 1.65. The van der Waals surface area contributed by atoms with Gasteiger partial charge in [-0.2, -0.15) is 0 Å². The maximum absolute atomic E-state index is 11.9. The normalized spacial score (nSPS) is 10.1. The SMILES string of the molecule is COc1cc(CNC(=O)COc2cccc(C)c2C)ccn1. The smallest absolute Gasteiger partial charge is 0.258 e. The van der Waals surface area contributed by atoms with Crippen molar-refractivity contribution in [3.63, 3.8) is 0 Å². The van der Waals surface area contributed by atoms with Gasteiger partial charge in [0.25, 0.3) is 5.91 Å². The topological polar surface area (TPSA) is 60.5 Å². The lowest BCUT2D eigenvalue weighted by molar-refractivity contribution is -0.123. The lowest BCUT2D eigenvalue weighted by atomic mass is 10.1. The third-order valence-corrected chi connectivity index (χ3v) is 3.41. The number of hydrogen-bond acceptors (Lipinski definition) is 4. The highest BCUT2D eigenvalue weighted by atomic mass is 16.5. The van der Waals surface area contributed by atoms with Gasteiger partial charge in [-0.25, -0.2) is 4.98 Å². The molecule has 1 amide bonds. The molecule has 5 nitrogen and oxygen atoms in total. The van der Waals surface area contributed by atoms with Crippen LogP contribution in [0.5, 0.6) is 11.6 Å². The van der Waals surface area contributed by atoms with E-state index in [9.17, 15) is 4.79 Å². The number of carbonyl (C=O) groups is 1. The third-order valence-electron chi connectivity index (χ3n) is 3.41. The summed E-state index contributed by atoms with van der Waals surface area (Å²) in [4.78, 5) is 15.9. The second-order valence-electron chi connectivity index (χ2n) is 4.97. The summed E-state index contributed by atoms with van der Waals surface area (Å²) in [5.74, 6) is 1.09. The number of nitrogens with one attached hydrogen (secondary N) is 1. The maximum Gasteiger partial charge on any atom is 0.258 e. The van der Waals surface area contributed by atoms with Crippen molar-refractivity contribution in [1.82, 2.24) is 10.3 Å². The number of pyridine rings is 1. The van der Waals surface area contributed by atoms with Crippen LogP contribution in [-0.4, -0.2) is 24.6 Å². The molecule has 2 aromatic rings. The molecule has 0 saturated heterocycles. The van der Waals surface area contributed by atoms with Crippen molar-refractivity contribution in [1.29, 1.82) is 0 Å². The number of ether oxygens (including phenoxy) is 2. The number of rotatable bonds is 6. The van der Waals surface area contributed by atoms with Gasteiger partial charge in [-0.15, -0.1) is 0 Å². The van der Waals surface area contributed by atoms with Crippen LogP contribution >= 0.6 is 0 Å². The first-order chi connectivity index (χ1) is 10.6. The average Bonchev–Trinajstić information content (AvgIpc) is 2.54. The summed E-state index contributed by atoms with van der Waals surface area (Å²) >= 11 is 0. The van der Waals surface area contributed by atoms with Gasteiger partial charge in [0.05, 0.1) is 7.11 Å². The summed E-state index contributed by atoms with van der Waals surface area (Å²) in [5.41, 5.74) is 3.11. The van der Waals surface area contributed by atoms with Gasteiger partial charge in [-0.05, 0) is 42.7 Å². The van der Waals surface area contributed by atoms with Crippen LogP contribution in [-0.2, 0) is 11.3 Å². The Bertz CT molecular complexity index is 656. The zero-order valence-electron chi connectivity index (χ0n) is 13.1. The maximum atomic E-state index is 11.9. The number of methoxy groups -OCH3 is 1. The monoisotopic (exact) mass is 300 g/mol. The fraction of sp³-hybridized carbons (Fsp3) is 0.294. The quantitative estimate of drug-likeness (QED) is 0.890. The molecule has 22 heavy (non-hydrogen) atoms. The Balaban J connectivity index is 1.84. The molecule has 0 radical (unpaired) electrons. The fourth-order valence-electron chi connectivity index (χ4n) is 1.95. The van der Waals surface area contributed by atoms with Crippen molar-refractivity contribution in [3.8, 4) is 11.6 Å². The number of aromatic nitrogens is 1. The highest BCUT2D eigenvalue weighted by molar-refractivity contribution is 5.77. The van der Waals surface area contributed by atoms with Crippen molar-refractivity contribution >= 4 is 5.91 Å². The first-order valence-corrected chi connectivity index (χ1v) is 7.05. The van der Waals surface area contributed by atoms with E-state index in [0.29, 0.717) is 12.4 Å². The molecule has 1 aromatic carbocycles. The molecule has 0 aliphatic carbocycles. The van der Waals surface area contributed by atoms with Gasteiger partial charge >= 0.3 is 0 Å². The van der Waals surface area contributed by atoms with E-state index in [-0.39, 0.29) is 12.5 Å². The van der Waals surface area contributed by atoms with Gasteiger partial charge in [0.1, 0.15) is 5.75 Å². The third kappa shape index (κ3) is 4.22. The average molecular weight is 300 g/mol. The molecule has 0 bridgehead atoms. The molecule has 0 spiro atoms. The summed E-state index contributed by atoms with van der Waals surface area (Å²) in [6.45, 7) is 4.39. The van der Waals surface area contributed by atoms with E-state index in [4.69, 9.17) is 9.47 Å². The van der Waals surface area contributed by atoms with E-state index < -0.39 is 0 Å². The van der Waals surface area contributed by atoms with Gasteiger partial charge in [-0.3, -0.25) is 4.79 Å². The lowest BCUT2D eigenvalue weighted by Crippen LogP contribution is -2.28. The molecule has 0 aliphatic rings. The van der Waals surface area contributed by atoms with E-state index in [1.54, 1.807) is 19.4 Å². The van der Waals surface area contributed by atoms with Crippen molar-refractivity contribution in [2.45, 2.75) is 20.4 Å². The highest BCUT2D eigenvalue weighted by Crippen LogP contribution is 2.20. The number of aryl methyl sites for hydroxylation is 1. The molecule has 1 aromatic heterocycles. The molecule has 0 atom stereocenters. The number of carbonyl (C=O) groups excluding carboxylic acids is 1. The van der Waals surface area contributed by atoms with E-state index in [1.807, 2.05) is 38.1 Å². The summed E-state index contributed by atoms with van der Waals surface area (Å²) < 4.78 is 10.6. The first kappa shape index (κ1) is 15.8. The second kappa shape index (κ2) is 7.45.